The molecule has 0 saturated heterocycles. The number of nitrogens with one attached hydrogen (secondary N) is 1. The molecule has 0 radical (unpaired) electrons. The summed E-state index contributed by atoms with van der Waals surface area (Å²) in [5.74, 6) is 0.518. The van der Waals surface area contributed by atoms with Crippen LogP contribution in [0, 0.1) is 5.82 Å². The average Bonchev–Trinajstić information content (AvgIpc) is 3.33. The van der Waals surface area contributed by atoms with Crippen LogP contribution in [0.3, 0.4) is 0 Å². The van der Waals surface area contributed by atoms with Crippen LogP contribution in [0.5, 0.6) is 0 Å². The van der Waals surface area contributed by atoms with Crippen molar-refractivity contribution in [2.45, 2.75) is 19.1 Å². The average molecular weight is 375 g/mol. The monoisotopic (exact) mass is 375 g/mol. The van der Waals surface area contributed by atoms with E-state index in [9.17, 15) is 4.39 Å². The molecule has 0 saturated carbocycles. The van der Waals surface area contributed by atoms with Gasteiger partial charge in [-0.2, -0.15) is 5.10 Å². The lowest BCUT2D eigenvalue weighted by molar-refractivity contribution is 0.520. The molecule has 2 aromatic carbocycles. The Kier molecular flexibility index (Phi) is 5.30. The minimum absolute atomic E-state index is 0.247. The van der Waals surface area contributed by atoms with Gasteiger partial charge in [0.05, 0.1) is 18.8 Å². The maximum absolute atomic E-state index is 14.4. The maximum atomic E-state index is 14.4. The Morgan fingerprint density at radius 3 is 2.57 bits per heavy atom. The number of hydrogen-bond acceptors (Lipinski definition) is 3. The molecule has 4 rings (SSSR count). The van der Waals surface area contributed by atoms with E-state index in [-0.39, 0.29) is 11.9 Å². The Morgan fingerprint density at radius 1 is 1.04 bits per heavy atom. The van der Waals surface area contributed by atoms with Crippen LogP contribution in [-0.2, 0) is 20.1 Å². The molecular weight excluding hydrogens is 353 g/mol. The molecule has 5 nitrogen and oxygen atoms in total. The van der Waals surface area contributed by atoms with Gasteiger partial charge in [-0.3, -0.25) is 10.00 Å². The minimum atomic E-state index is -0.348. The molecule has 1 atom stereocenters. The van der Waals surface area contributed by atoms with E-state index >= 15 is 0 Å². The molecule has 0 spiro atoms. The lowest BCUT2D eigenvalue weighted by Crippen LogP contribution is -2.25. The highest BCUT2D eigenvalue weighted by molar-refractivity contribution is 5.27. The summed E-state index contributed by atoms with van der Waals surface area (Å²) < 4.78 is 18.3. The van der Waals surface area contributed by atoms with Crippen molar-refractivity contribution in [3.8, 4) is 0 Å². The summed E-state index contributed by atoms with van der Waals surface area (Å²) in [5.41, 5.74) is 2.81. The predicted molar refractivity (Wildman–Crippen MR) is 106 cm³/mol. The molecule has 0 aliphatic rings. The molecular formula is C22H22FN5. The molecule has 1 N–H and O–H groups in total. The number of aryl methyl sites for hydroxylation is 1. The first kappa shape index (κ1) is 18.1. The van der Waals surface area contributed by atoms with E-state index in [1.165, 1.54) is 11.6 Å². The fourth-order valence-electron chi connectivity index (χ4n) is 3.28. The summed E-state index contributed by atoms with van der Waals surface area (Å²) in [6.07, 6.45) is 7.44. The second-order valence-electron chi connectivity index (χ2n) is 6.76. The zero-order chi connectivity index (χ0) is 19.3. The van der Waals surface area contributed by atoms with Crippen molar-refractivity contribution in [3.05, 3.63) is 108 Å². The summed E-state index contributed by atoms with van der Waals surface area (Å²) in [7, 11) is 1.91. The van der Waals surface area contributed by atoms with Crippen LogP contribution in [0.2, 0.25) is 0 Å². The van der Waals surface area contributed by atoms with Gasteiger partial charge in [-0.25, -0.2) is 9.37 Å². The summed E-state index contributed by atoms with van der Waals surface area (Å²) in [5, 5.41) is 7.88. The molecule has 0 unspecified atom stereocenters. The zero-order valence-corrected chi connectivity index (χ0v) is 15.7. The van der Waals surface area contributed by atoms with Crippen molar-refractivity contribution >= 4 is 0 Å². The smallest absolute Gasteiger partial charge is 0.130 e. The third-order valence-electron chi connectivity index (χ3n) is 4.72. The van der Waals surface area contributed by atoms with Crippen LogP contribution < -0.4 is 5.32 Å². The number of imidazole rings is 1. The number of hydrogen-bond donors (Lipinski definition) is 1. The van der Waals surface area contributed by atoms with Gasteiger partial charge >= 0.3 is 0 Å². The van der Waals surface area contributed by atoms with Gasteiger partial charge in [-0.15, -0.1) is 0 Å². The lowest BCUT2D eigenvalue weighted by atomic mass is 10.1. The van der Waals surface area contributed by atoms with E-state index in [0.717, 1.165) is 17.9 Å². The second-order valence-corrected chi connectivity index (χ2v) is 6.76. The van der Waals surface area contributed by atoms with Gasteiger partial charge in [-0.1, -0.05) is 48.5 Å². The Morgan fingerprint density at radius 2 is 1.82 bits per heavy atom. The Balaban J connectivity index is 1.51. The topological polar surface area (TPSA) is 47.7 Å². The maximum Gasteiger partial charge on any atom is 0.130 e. The van der Waals surface area contributed by atoms with Crippen LogP contribution in [0.15, 0.2) is 79.4 Å². The van der Waals surface area contributed by atoms with Crippen LogP contribution in [0.4, 0.5) is 4.39 Å². The minimum Gasteiger partial charge on any atom is -0.336 e. The number of aromatic nitrogens is 4. The Hall–Kier alpha value is -3.25. The normalized spacial score (nSPS) is 12.2. The molecule has 4 aromatic rings. The molecule has 28 heavy (non-hydrogen) atoms. The molecule has 6 heteroatoms. The van der Waals surface area contributed by atoms with Crippen molar-refractivity contribution in [3.63, 3.8) is 0 Å². The fraction of sp³-hybridized carbons (Fsp3) is 0.182. The van der Waals surface area contributed by atoms with Gasteiger partial charge in [0.2, 0.25) is 0 Å². The zero-order valence-electron chi connectivity index (χ0n) is 15.7. The molecule has 0 amide bonds. The van der Waals surface area contributed by atoms with E-state index < -0.39 is 0 Å². The third-order valence-corrected chi connectivity index (χ3v) is 4.72. The van der Waals surface area contributed by atoms with Crippen molar-refractivity contribution < 1.29 is 4.39 Å². The highest BCUT2D eigenvalue weighted by Crippen LogP contribution is 2.23. The number of nitrogens with zero attached hydrogens (tertiary/aromatic N) is 4. The third kappa shape index (κ3) is 4.02. The second kappa shape index (κ2) is 8.19. The summed E-state index contributed by atoms with van der Waals surface area (Å²) >= 11 is 0. The van der Waals surface area contributed by atoms with Gasteiger partial charge in [0.25, 0.3) is 0 Å². The van der Waals surface area contributed by atoms with Crippen molar-refractivity contribution in [1.82, 2.24) is 24.6 Å². The van der Waals surface area contributed by atoms with Gasteiger partial charge in [0, 0.05) is 43.3 Å². The summed E-state index contributed by atoms with van der Waals surface area (Å²) in [4.78, 5) is 4.42. The van der Waals surface area contributed by atoms with E-state index in [1.54, 1.807) is 18.3 Å². The van der Waals surface area contributed by atoms with E-state index in [1.807, 2.05) is 59.2 Å². The first-order valence-corrected chi connectivity index (χ1v) is 9.21. The number of rotatable bonds is 7. The van der Waals surface area contributed by atoms with Crippen molar-refractivity contribution in [1.29, 1.82) is 0 Å². The number of halogens is 1. The highest BCUT2D eigenvalue weighted by atomic mass is 19.1. The molecule has 142 valence electrons. The molecule has 0 fully saturated rings. The van der Waals surface area contributed by atoms with Gasteiger partial charge in [0.1, 0.15) is 11.6 Å². The van der Waals surface area contributed by atoms with Gasteiger partial charge in [-0.05, 0) is 11.6 Å². The SMILES string of the molecule is Cn1ccnc1[C@@H](NCc1cnn(Cc2ccccc2)c1)c1ccccc1F. The van der Waals surface area contributed by atoms with E-state index in [0.29, 0.717) is 12.1 Å². The highest BCUT2D eigenvalue weighted by Gasteiger charge is 2.21. The van der Waals surface area contributed by atoms with Crippen LogP contribution in [0.1, 0.15) is 28.6 Å². The van der Waals surface area contributed by atoms with E-state index in [2.05, 4.69) is 27.5 Å². The first-order valence-electron chi connectivity index (χ1n) is 9.21. The molecule has 0 aliphatic heterocycles. The van der Waals surface area contributed by atoms with Gasteiger partial charge in [0.15, 0.2) is 0 Å². The summed E-state index contributed by atoms with van der Waals surface area (Å²) in [6, 6.07) is 16.7. The first-order chi connectivity index (χ1) is 13.7. The molecule has 2 heterocycles. The van der Waals surface area contributed by atoms with Gasteiger partial charge < -0.3 is 4.57 Å². The molecule has 2 aromatic heterocycles. The molecule has 0 bridgehead atoms. The van der Waals surface area contributed by atoms with Crippen LogP contribution >= 0.6 is 0 Å². The van der Waals surface area contributed by atoms with Crippen LogP contribution in [-0.4, -0.2) is 19.3 Å². The number of benzene rings is 2. The quantitative estimate of drug-likeness (QED) is 0.536. The Labute approximate surface area is 163 Å². The lowest BCUT2D eigenvalue weighted by Gasteiger charge is -2.19. The Bertz CT molecular complexity index is 1040. The summed E-state index contributed by atoms with van der Waals surface area (Å²) in [6.45, 7) is 1.28. The predicted octanol–water partition coefficient (Wildman–Crippen LogP) is 3.68. The van der Waals surface area contributed by atoms with Crippen molar-refractivity contribution in [2.24, 2.45) is 7.05 Å². The van der Waals surface area contributed by atoms with E-state index in [4.69, 9.17) is 0 Å². The largest absolute Gasteiger partial charge is 0.336 e. The standard InChI is InChI=1S/C22H22FN5/c1-27-12-11-24-22(27)21(19-9-5-6-10-20(19)23)25-13-18-14-26-28(16-18)15-17-7-3-2-4-8-17/h2-12,14,16,21,25H,13,15H2,1H3/t21-/m0/s1. The molecule has 0 aliphatic carbocycles. The van der Waals surface area contributed by atoms with Crippen LogP contribution in [0.25, 0.3) is 0 Å². The van der Waals surface area contributed by atoms with Crippen molar-refractivity contribution in [2.75, 3.05) is 0 Å². The fourth-order valence-corrected chi connectivity index (χ4v) is 3.28.